The molecule has 2 aliphatic carbocycles. The molecule has 2 unspecified atom stereocenters. The van der Waals surface area contributed by atoms with E-state index in [2.05, 4.69) is 0 Å². The Morgan fingerprint density at radius 2 is 1.50 bits per heavy atom. The van der Waals surface area contributed by atoms with Gasteiger partial charge in [0.05, 0.1) is 12.1 Å². The molecule has 0 aromatic rings. The summed E-state index contributed by atoms with van der Waals surface area (Å²) in [5.41, 5.74) is 0. The molecule has 12 heavy (non-hydrogen) atoms. The molecule has 0 N–H and O–H groups in total. The van der Waals surface area contributed by atoms with Gasteiger partial charge in [-0.25, -0.2) is 0 Å². The number of hydrogen-bond donors (Lipinski definition) is 0. The van der Waals surface area contributed by atoms with Crippen LogP contribution >= 0.6 is 0 Å². The molecule has 2 saturated carbocycles. The van der Waals surface area contributed by atoms with Gasteiger partial charge in [0, 0.05) is 12.2 Å². The number of nitrogens with zero attached hydrogens (tertiary/aromatic N) is 2. The van der Waals surface area contributed by atoms with Crippen molar-refractivity contribution >= 4 is 0 Å². The van der Waals surface area contributed by atoms with Crippen molar-refractivity contribution in [3.8, 4) is 12.1 Å². The van der Waals surface area contributed by atoms with Gasteiger partial charge in [-0.3, -0.25) is 0 Å². The largest absolute Gasteiger partial charge is 0.193 e. The van der Waals surface area contributed by atoms with E-state index >= 15 is 0 Å². The first kappa shape index (κ1) is 8.81. The molecule has 0 aliphatic heterocycles. The minimum absolute atomic E-state index is 1.12. The quantitative estimate of drug-likeness (QED) is 0.511. The highest BCUT2D eigenvalue weighted by Crippen LogP contribution is 2.51. The summed E-state index contributed by atoms with van der Waals surface area (Å²) in [7, 11) is 0. The van der Waals surface area contributed by atoms with Gasteiger partial charge in [-0.15, -0.1) is 0 Å². The molecular weight excluding hydrogens is 148 g/mol. The van der Waals surface area contributed by atoms with Gasteiger partial charge < -0.3 is 0 Å². The molecule has 2 aliphatic rings. The number of nitriles is 2. The standard InChI is InChI=1S/C6H10.C4H2N2/c1-2-5-4-6(5)3-1;5-3-1-2-4-6/h5-6H,1-4H2;1-2H. The summed E-state index contributed by atoms with van der Waals surface area (Å²) in [6.07, 6.45) is 8.49. The average molecular weight is 160 g/mol. The van der Waals surface area contributed by atoms with Crippen LogP contribution in [0.4, 0.5) is 0 Å². The average Bonchev–Trinajstić information content (AvgIpc) is 2.72. The third-order valence-corrected chi connectivity index (χ3v) is 2.45. The predicted octanol–water partition coefficient (Wildman–Crippen LogP) is 2.40. The lowest BCUT2D eigenvalue weighted by molar-refractivity contribution is 0.735. The van der Waals surface area contributed by atoms with Crippen LogP contribution in [0, 0.1) is 34.5 Å². The Morgan fingerprint density at radius 3 is 1.67 bits per heavy atom. The van der Waals surface area contributed by atoms with Crippen molar-refractivity contribution < 1.29 is 0 Å². The van der Waals surface area contributed by atoms with Crippen LogP contribution in [0.2, 0.25) is 0 Å². The maximum absolute atomic E-state index is 7.71. The molecule has 0 heterocycles. The SMILES string of the molecule is C1CC2CC2C1.N#CC=CC#N. The van der Waals surface area contributed by atoms with Crippen LogP contribution in [0.3, 0.4) is 0 Å². The molecule has 0 bridgehead atoms. The van der Waals surface area contributed by atoms with Gasteiger partial charge in [-0.1, -0.05) is 19.3 Å². The van der Waals surface area contributed by atoms with Gasteiger partial charge in [-0.2, -0.15) is 10.5 Å². The lowest BCUT2D eigenvalue weighted by Gasteiger charge is -1.80. The molecule has 0 aromatic carbocycles. The van der Waals surface area contributed by atoms with Crippen molar-refractivity contribution in [1.82, 2.24) is 0 Å². The topological polar surface area (TPSA) is 47.6 Å². The van der Waals surface area contributed by atoms with Crippen LogP contribution in [0.15, 0.2) is 12.2 Å². The van der Waals surface area contributed by atoms with Crippen molar-refractivity contribution in [2.45, 2.75) is 25.7 Å². The van der Waals surface area contributed by atoms with Crippen molar-refractivity contribution in [2.75, 3.05) is 0 Å². The minimum atomic E-state index is 1.12. The van der Waals surface area contributed by atoms with Gasteiger partial charge in [0.2, 0.25) is 0 Å². The van der Waals surface area contributed by atoms with Crippen LogP contribution in [0.25, 0.3) is 0 Å². The first-order valence-electron chi connectivity index (χ1n) is 4.32. The number of rotatable bonds is 0. The predicted molar refractivity (Wildman–Crippen MR) is 45.8 cm³/mol. The molecule has 0 amide bonds. The van der Waals surface area contributed by atoms with E-state index < -0.39 is 0 Å². The van der Waals surface area contributed by atoms with E-state index in [-0.39, 0.29) is 0 Å². The van der Waals surface area contributed by atoms with E-state index in [4.69, 9.17) is 10.5 Å². The third-order valence-electron chi connectivity index (χ3n) is 2.45. The summed E-state index contributed by atoms with van der Waals surface area (Å²) in [5.74, 6) is 2.43. The van der Waals surface area contributed by atoms with Gasteiger partial charge in [-0.05, 0) is 18.3 Å². The molecule has 2 atom stereocenters. The van der Waals surface area contributed by atoms with Crippen LogP contribution in [0.1, 0.15) is 25.7 Å². The molecule has 0 spiro atoms. The van der Waals surface area contributed by atoms with E-state index in [0.717, 1.165) is 12.2 Å². The second-order valence-electron chi connectivity index (χ2n) is 3.28. The summed E-state index contributed by atoms with van der Waals surface area (Å²) in [6.45, 7) is 0. The van der Waals surface area contributed by atoms with E-state index in [1.165, 1.54) is 18.3 Å². The van der Waals surface area contributed by atoms with Gasteiger partial charge in [0.15, 0.2) is 0 Å². The first-order chi connectivity index (χ1) is 5.88. The summed E-state index contributed by atoms with van der Waals surface area (Å²) < 4.78 is 0. The van der Waals surface area contributed by atoms with Crippen molar-refractivity contribution in [3.63, 3.8) is 0 Å². The number of hydrogen-bond acceptors (Lipinski definition) is 2. The highest BCUT2D eigenvalue weighted by molar-refractivity contribution is 5.11. The monoisotopic (exact) mass is 160 g/mol. The van der Waals surface area contributed by atoms with E-state index in [9.17, 15) is 0 Å². The lowest BCUT2D eigenvalue weighted by atomic mass is 10.3. The summed E-state index contributed by atoms with van der Waals surface area (Å²) >= 11 is 0. The zero-order valence-corrected chi connectivity index (χ0v) is 7.03. The first-order valence-corrected chi connectivity index (χ1v) is 4.32. The maximum Gasteiger partial charge on any atom is 0.0919 e. The second-order valence-corrected chi connectivity index (χ2v) is 3.28. The number of fused-ring (bicyclic) bond motifs is 1. The fourth-order valence-electron chi connectivity index (χ4n) is 1.73. The molecule has 62 valence electrons. The number of allylic oxidation sites excluding steroid dienone is 2. The van der Waals surface area contributed by atoms with Crippen molar-refractivity contribution in [1.29, 1.82) is 10.5 Å². The van der Waals surface area contributed by atoms with Crippen LogP contribution in [-0.4, -0.2) is 0 Å². The lowest BCUT2D eigenvalue weighted by Crippen LogP contribution is -1.64. The Labute approximate surface area is 73.1 Å². The molecule has 2 rings (SSSR count). The van der Waals surface area contributed by atoms with Gasteiger partial charge in [0.1, 0.15) is 0 Å². The Kier molecular flexibility index (Phi) is 3.35. The summed E-state index contributed by atoms with van der Waals surface area (Å²) in [4.78, 5) is 0. The van der Waals surface area contributed by atoms with Crippen LogP contribution < -0.4 is 0 Å². The Morgan fingerprint density at radius 1 is 1.00 bits per heavy atom. The Bertz CT molecular complexity index is 218. The van der Waals surface area contributed by atoms with Gasteiger partial charge >= 0.3 is 0 Å². The molecule has 2 heteroatoms. The minimum Gasteiger partial charge on any atom is -0.193 e. The Balaban J connectivity index is 0.000000120. The molecule has 2 fully saturated rings. The zero-order chi connectivity index (χ0) is 8.81. The normalized spacial score (nSPS) is 29.5. The second kappa shape index (κ2) is 4.57. The maximum atomic E-state index is 7.71. The molecular formula is C10H12N2. The summed E-state index contributed by atoms with van der Waals surface area (Å²) in [5, 5.41) is 15.4. The van der Waals surface area contributed by atoms with Crippen molar-refractivity contribution in [2.24, 2.45) is 11.8 Å². The molecule has 0 saturated heterocycles. The van der Waals surface area contributed by atoms with E-state index in [0.29, 0.717) is 0 Å². The fraction of sp³-hybridized carbons (Fsp3) is 0.600. The van der Waals surface area contributed by atoms with E-state index in [1.807, 2.05) is 0 Å². The zero-order valence-electron chi connectivity index (χ0n) is 7.03. The molecule has 2 nitrogen and oxygen atoms in total. The smallest absolute Gasteiger partial charge is 0.0919 e. The highest BCUT2D eigenvalue weighted by atomic mass is 14.5. The highest BCUT2D eigenvalue weighted by Gasteiger charge is 2.40. The summed E-state index contributed by atoms with van der Waals surface area (Å²) in [6, 6.07) is 3.33. The van der Waals surface area contributed by atoms with Crippen LogP contribution in [-0.2, 0) is 0 Å². The van der Waals surface area contributed by atoms with Crippen LogP contribution in [0.5, 0.6) is 0 Å². The molecule has 0 aromatic heterocycles. The Hall–Kier alpha value is -1.28. The van der Waals surface area contributed by atoms with Crippen molar-refractivity contribution in [3.05, 3.63) is 12.2 Å². The van der Waals surface area contributed by atoms with E-state index in [1.54, 1.807) is 31.4 Å². The van der Waals surface area contributed by atoms with Gasteiger partial charge in [0.25, 0.3) is 0 Å². The molecule has 0 radical (unpaired) electrons. The third kappa shape index (κ3) is 2.76. The fourth-order valence-corrected chi connectivity index (χ4v) is 1.73.